The first-order chi connectivity index (χ1) is 13.0. The summed E-state index contributed by atoms with van der Waals surface area (Å²) in [5, 5.41) is 4.49. The molecule has 0 fully saturated rings. The molecule has 0 aliphatic rings. The zero-order chi connectivity index (χ0) is 19.4. The number of primary amides is 1. The summed E-state index contributed by atoms with van der Waals surface area (Å²) in [6.45, 7) is 1.78. The molecule has 3 N–H and O–H groups in total. The average molecular weight is 382 g/mol. The summed E-state index contributed by atoms with van der Waals surface area (Å²) in [4.78, 5) is 41.5. The van der Waals surface area contributed by atoms with E-state index in [1.807, 2.05) is 47.8 Å². The normalized spacial score (nSPS) is 11.7. The van der Waals surface area contributed by atoms with Crippen LogP contribution in [0.25, 0.3) is 5.69 Å². The number of nitrogens with two attached hydrogens (primary N) is 1. The minimum atomic E-state index is -1.08. The summed E-state index contributed by atoms with van der Waals surface area (Å²) in [5.74, 6) is -1.79. The second-order valence-electron chi connectivity index (χ2n) is 5.90. The van der Waals surface area contributed by atoms with Crippen molar-refractivity contribution in [3.8, 4) is 5.69 Å². The number of ketones is 1. The highest BCUT2D eigenvalue weighted by Gasteiger charge is 2.27. The van der Waals surface area contributed by atoms with Crippen molar-refractivity contribution in [3.05, 3.63) is 70.4 Å². The number of imidazole rings is 1. The molecule has 0 aliphatic carbocycles. The quantitative estimate of drug-likeness (QED) is 0.606. The second-order valence-corrected chi connectivity index (χ2v) is 6.93. The molecule has 0 radical (unpaired) electrons. The number of nitrogens with one attached hydrogen (secondary N) is 1. The van der Waals surface area contributed by atoms with Crippen molar-refractivity contribution in [2.75, 3.05) is 0 Å². The van der Waals surface area contributed by atoms with Crippen LogP contribution in [0.1, 0.15) is 21.2 Å². The number of aromatic nitrogens is 2. The molecule has 0 aliphatic heterocycles. The summed E-state index contributed by atoms with van der Waals surface area (Å²) in [6.07, 6.45) is 1.64. The van der Waals surface area contributed by atoms with Crippen LogP contribution in [0, 0.1) is 6.92 Å². The van der Waals surface area contributed by atoms with Gasteiger partial charge in [-0.3, -0.25) is 19.0 Å². The fourth-order valence-electron chi connectivity index (χ4n) is 2.75. The molecule has 138 valence electrons. The van der Waals surface area contributed by atoms with Gasteiger partial charge in [-0.05, 0) is 30.5 Å². The van der Waals surface area contributed by atoms with E-state index in [-0.39, 0.29) is 12.1 Å². The first-order valence-corrected chi connectivity index (χ1v) is 9.12. The molecular formula is C19H18N4O3S. The third kappa shape index (κ3) is 4.12. The molecule has 0 saturated heterocycles. The Morgan fingerprint density at radius 1 is 1.19 bits per heavy atom. The Balaban J connectivity index is 1.88. The van der Waals surface area contributed by atoms with Crippen molar-refractivity contribution in [1.29, 1.82) is 0 Å². The lowest BCUT2D eigenvalue weighted by molar-refractivity contribution is -0.137. The highest BCUT2D eigenvalue weighted by atomic mass is 32.1. The molecule has 1 aromatic carbocycles. The lowest BCUT2D eigenvalue weighted by Gasteiger charge is -2.16. The van der Waals surface area contributed by atoms with Gasteiger partial charge in [-0.1, -0.05) is 24.3 Å². The van der Waals surface area contributed by atoms with Crippen molar-refractivity contribution >= 4 is 28.9 Å². The number of nitrogens with zero attached hydrogens (tertiary/aromatic N) is 2. The molecule has 3 rings (SSSR count). The van der Waals surface area contributed by atoms with Gasteiger partial charge in [0, 0.05) is 17.0 Å². The number of amides is 2. The van der Waals surface area contributed by atoms with Crippen LogP contribution in [0.2, 0.25) is 0 Å². The molecule has 2 heterocycles. The largest absolute Gasteiger partial charge is 0.363 e. The van der Waals surface area contributed by atoms with Gasteiger partial charge in [0.2, 0.25) is 5.78 Å². The monoisotopic (exact) mass is 382 g/mol. The number of hydrogen-bond acceptors (Lipinski definition) is 5. The van der Waals surface area contributed by atoms with Crippen molar-refractivity contribution in [3.63, 3.8) is 0 Å². The molecule has 3 aromatic rings. The predicted octanol–water partition coefficient (Wildman–Crippen LogP) is 1.64. The van der Waals surface area contributed by atoms with Crippen molar-refractivity contribution < 1.29 is 14.4 Å². The number of carbonyl (C=O) groups is 3. The first-order valence-electron chi connectivity index (χ1n) is 8.24. The third-order valence-corrected chi connectivity index (χ3v) is 4.93. The van der Waals surface area contributed by atoms with E-state index >= 15 is 0 Å². The maximum Gasteiger partial charge on any atom is 0.287 e. The van der Waals surface area contributed by atoms with Crippen LogP contribution in [0.15, 0.2) is 54.0 Å². The molecule has 0 bridgehead atoms. The molecular weight excluding hydrogens is 364 g/mol. The van der Waals surface area contributed by atoms with Crippen molar-refractivity contribution in [2.24, 2.45) is 5.73 Å². The van der Waals surface area contributed by atoms with Gasteiger partial charge in [-0.15, -0.1) is 11.3 Å². The molecule has 8 heteroatoms. The van der Waals surface area contributed by atoms with Gasteiger partial charge in [0.05, 0.1) is 6.20 Å². The number of thiophene rings is 1. The zero-order valence-corrected chi connectivity index (χ0v) is 15.4. The fraction of sp³-hybridized carbons (Fsp3) is 0.158. The molecule has 2 amide bonds. The van der Waals surface area contributed by atoms with Crippen LogP contribution in [-0.4, -0.2) is 33.2 Å². The maximum absolute atomic E-state index is 12.8. The standard InChI is InChI=1S/C19H18N4O3S/c1-12-21-11-16(23(12)13-6-3-2-4-7-13)19(26)22-15(17(24)18(20)25)10-14-8-5-9-27-14/h2-9,11,15H,10H2,1H3,(H2,20,25)(H,22,26). The van der Waals surface area contributed by atoms with Crippen LogP contribution in [0.3, 0.4) is 0 Å². The minimum Gasteiger partial charge on any atom is -0.363 e. The van der Waals surface area contributed by atoms with E-state index < -0.39 is 23.6 Å². The van der Waals surface area contributed by atoms with E-state index in [2.05, 4.69) is 10.3 Å². The third-order valence-electron chi connectivity index (χ3n) is 4.04. The number of aryl methyl sites for hydroxylation is 1. The molecule has 0 spiro atoms. The van der Waals surface area contributed by atoms with Gasteiger partial charge in [0.25, 0.3) is 11.8 Å². The summed E-state index contributed by atoms with van der Waals surface area (Å²) >= 11 is 1.43. The molecule has 1 unspecified atom stereocenters. The van der Waals surface area contributed by atoms with E-state index in [9.17, 15) is 14.4 Å². The van der Waals surface area contributed by atoms with Gasteiger partial charge in [0.1, 0.15) is 17.6 Å². The summed E-state index contributed by atoms with van der Waals surface area (Å²) in [7, 11) is 0. The summed E-state index contributed by atoms with van der Waals surface area (Å²) in [6, 6.07) is 11.9. The number of carbonyl (C=O) groups excluding carboxylic acids is 3. The summed E-state index contributed by atoms with van der Waals surface area (Å²) < 4.78 is 1.69. The van der Waals surface area contributed by atoms with Crippen LogP contribution in [-0.2, 0) is 16.0 Å². The van der Waals surface area contributed by atoms with E-state index in [4.69, 9.17) is 5.73 Å². The molecule has 27 heavy (non-hydrogen) atoms. The first kappa shape index (κ1) is 18.5. The Morgan fingerprint density at radius 2 is 1.93 bits per heavy atom. The van der Waals surface area contributed by atoms with Gasteiger partial charge >= 0.3 is 0 Å². The number of rotatable bonds is 7. The number of benzene rings is 1. The molecule has 7 nitrogen and oxygen atoms in total. The summed E-state index contributed by atoms with van der Waals surface area (Å²) in [5.41, 5.74) is 6.19. The van der Waals surface area contributed by atoms with E-state index in [1.54, 1.807) is 11.5 Å². The van der Waals surface area contributed by atoms with E-state index in [0.29, 0.717) is 5.82 Å². The van der Waals surface area contributed by atoms with Gasteiger partial charge < -0.3 is 11.1 Å². The SMILES string of the molecule is Cc1ncc(C(=O)NC(Cc2cccs2)C(=O)C(N)=O)n1-c1ccccc1. The fourth-order valence-corrected chi connectivity index (χ4v) is 3.50. The van der Waals surface area contributed by atoms with Crippen molar-refractivity contribution in [2.45, 2.75) is 19.4 Å². The Morgan fingerprint density at radius 3 is 2.56 bits per heavy atom. The smallest absolute Gasteiger partial charge is 0.287 e. The Labute approximate surface area is 159 Å². The molecule has 0 saturated carbocycles. The highest BCUT2D eigenvalue weighted by molar-refractivity contribution is 7.09. The number of para-hydroxylation sites is 1. The average Bonchev–Trinajstić information content (AvgIpc) is 3.30. The lowest BCUT2D eigenvalue weighted by atomic mass is 10.1. The van der Waals surface area contributed by atoms with Gasteiger partial charge in [-0.25, -0.2) is 4.98 Å². The Hall–Kier alpha value is -3.26. The van der Waals surface area contributed by atoms with Crippen LogP contribution >= 0.6 is 11.3 Å². The Kier molecular flexibility index (Phi) is 5.46. The second kappa shape index (κ2) is 7.96. The number of Topliss-reactive ketones (excluding diaryl/α,β-unsaturated/α-hetero) is 1. The highest BCUT2D eigenvalue weighted by Crippen LogP contribution is 2.16. The maximum atomic E-state index is 12.8. The van der Waals surface area contributed by atoms with Crippen LogP contribution < -0.4 is 11.1 Å². The van der Waals surface area contributed by atoms with Crippen LogP contribution in [0.4, 0.5) is 0 Å². The predicted molar refractivity (Wildman–Crippen MR) is 102 cm³/mol. The van der Waals surface area contributed by atoms with E-state index in [0.717, 1.165) is 10.6 Å². The van der Waals surface area contributed by atoms with Crippen molar-refractivity contribution in [1.82, 2.24) is 14.9 Å². The lowest BCUT2D eigenvalue weighted by Crippen LogP contribution is -2.47. The van der Waals surface area contributed by atoms with Crippen LogP contribution in [0.5, 0.6) is 0 Å². The minimum absolute atomic E-state index is 0.198. The zero-order valence-electron chi connectivity index (χ0n) is 14.6. The molecule has 1 atom stereocenters. The molecule has 2 aromatic heterocycles. The topological polar surface area (TPSA) is 107 Å². The van der Waals surface area contributed by atoms with Gasteiger partial charge in [0.15, 0.2) is 0 Å². The number of hydrogen-bond donors (Lipinski definition) is 2. The van der Waals surface area contributed by atoms with Gasteiger partial charge in [-0.2, -0.15) is 0 Å². The van der Waals surface area contributed by atoms with E-state index in [1.165, 1.54) is 17.5 Å². The Bertz CT molecular complexity index is 964.